The molecule has 2 heterocycles. The predicted molar refractivity (Wildman–Crippen MR) is 131 cm³/mol. The first-order chi connectivity index (χ1) is 16.3. The number of carbonyl (C=O) groups excluding carboxylic acids is 1. The molecule has 1 aliphatic heterocycles. The molecule has 1 N–H and O–H groups in total. The summed E-state index contributed by atoms with van der Waals surface area (Å²) >= 11 is 0. The lowest BCUT2D eigenvalue weighted by atomic mass is 10.0. The van der Waals surface area contributed by atoms with Crippen molar-refractivity contribution in [3.8, 4) is 5.75 Å². The van der Waals surface area contributed by atoms with Crippen LogP contribution in [0, 0.1) is 0 Å². The maximum atomic E-state index is 13.4. The number of sulfonamides is 1. The number of para-hydroxylation sites is 1. The van der Waals surface area contributed by atoms with Crippen LogP contribution in [0.15, 0.2) is 53.4 Å². The molecule has 2 aromatic carbocycles. The first-order valence-corrected chi connectivity index (χ1v) is 12.8. The number of nitrogens with one attached hydrogen (secondary N) is 1. The van der Waals surface area contributed by atoms with E-state index in [0.717, 1.165) is 16.6 Å². The van der Waals surface area contributed by atoms with Crippen LogP contribution in [0.25, 0.3) is 10.9 Å². The molecular weight excluding hydrogens is 454 g/mol. The van der Waals surface area contributed by atoms with Crippen LogP contribution in [0.1, 0.15) is 42.7 Å². The van der Waals surface area contributed by atoms with Gasteiger partial charge in [0.25, 0.3) is 5.91 Å². The van der Waals surface area contributed by atoms with Gasteiger partial charge in [-0.2, -0.15) is 4.31 Å². The number of anilines is 1. The van der Waals surface area contributed by atoms with Gasteiger partial charge in [0.1, 0.15) is 10.6 Å². The van der Waals surface area contributed by atoms with Crippen molar-refractivity contribution < 1.29 is 22.7 Å². The Kier molecular flexibility index (Phi) is 7.16. The summed E-state index contributed by atoms with van der Waals surface area (Å²) in [4.78, 5) is 18.0. The van der Waals surface area contributed by atoms with Gasteiger partial charge in [0.2, 0.25) is 10.0 Å². The Hall–Kier alpha value is -3.01. The maximum Gasteiger partial charge on any atom is 0.256 e. The number of hydrogen-bond donors (Lipinski definition) is 1. The average Bonchev–Trinajstić information content (AvgIpc) is 2.84. The second-order valence-corrected chi connectivity index (χ2v) is 10.2. The van der Waals surface area contributed by atoms with Gasteiger partial charge in [-0.1, -0.05) is 32.0 Å². The molecule has 1 saturated heterocycles. The van der Waals surface area contributed by atoms with Gasteiger partial charge in [-0.05, 0) is 43.2 Å². The number of hydrogen-bond acceptors (Lipinski definition) is 6. The molecule has 4 rings (SSSR count). The van der Waals surface area contributed by atoms with Crippen LogP contribution in [0.3, 0.4) is 0 Å². The normalized spacial score (nSPS) is 14.9. The number of carbonyl (C=O) groups is 1. The van der Waals surface area contributed by atoms with Crippen LogP contribution in [-0.2, 0) is 14.8 Å². The van der Waals surface area contributed by atoms with E-state index < -0.39 is 10.0 Å². The Balaban J connectivity index is 1.71. The number of amides is 1. The standard InChI is InChI=1S/C25H29N3O5S/c1-4-33-23-10-9-18(15-24(23)34(30,31)28-11-13-32-14-12-28)26-25(29)20-16-22(17(2)3)27-21-8-6-5-7-19(20)21/h5-10,15-17H,4,11-14H2,1-3H3,(H,26,29). The Morgan fingerprint density at radius 2 is 1.88 bits per heavy atom. The van der Waals surface area contributed by atoms with Crippen LogP contribution >= 0.6 is 0 Å². The van der Waals surface area contributed by atoms with E-state index in [1.54, 1.807) is 25.1 Å². The zero-order chi connectivity index (χ0) is 24.3. The quantitative estimate of drug-likeness (QED) is 0.545. The summed E-state index contributed by atoms with van der Waals surface area (Å²) in [6.45, 7) is 7.37. The molecule has 1 fully saturated rings. The Bertz CT molecular complexity index is 1300. The summed E-state index contributed by atoms with van der Waals surface area (Å²) in [7, 11) is -3.82. The van der Waals surface area contributed by atoms with Gasteiger partial charge in [-0.15, -0.1) is 0 Å². The molecule has 34 heavy (non-hydrogen) atoms. The second kappa shape index (κ2) is 10.1. The van der Waals surface area contributed by atoms with Crippen molar-refractivity contribution in [2.24, 2.45) is 0 Å². The number of fused-ring (bicyclic) bond motifs is 1. The zero-order valence-electron chi connectivity index (χ0n) is 19.6. The Labute approximate surface area is 199 Å². The molecule has 0 saturated carbocycles. The van der Waals surface area contributed by atoms with Crippen molar-refractivity contribution in [2.45, 2.75) is 31.6 Å². The molecule has 1 aliphatic rings. The number of aromatic nitrogens is 1. The minimum absolute atomic E-state index is 0.0245. The molecule has 180 valence electrons. The van der Waals surface area contributed by atoms with E-state index in [0.29, 0.717) is 31.1 Å². The molecule has 1 amide bonds. The topological polar surface area (TPSA) is 97.8 Å². The van der Waals surface area contributed by atoms with Crippen LogP contribution < -0.4 is 10.1 Å². The molecule has 0 atom stereocenters. The van der Waals surface area contributed by atoms with Crippen molar-refractivity contribution in [1.82, 2.24) is 9.29 Å². The van der Waals surface area contributed by atoms with E-state index >= 15 is 0 Å². The van der Waals surface area contributed by atoms with E-state index in [1.165, 1.54) is 10.4 Å². The van der Waals surface area contributed by atoms with E-state index in [4.69, 9.17) is 9.47 Å². The minimum atomic E-state index is -3.82. The van der Waals surface area contributed by atoms with Crippen LogP contribution in [-0.4, -0.2) is 56.5 Å². The summed E-state index contributed by atoms with van der Waals surface area (Å²) in [5.74, 6) is 0.0646. The van der Waals surface area contributed by atoms with Gasteiger partial charge >= 0.3 is 0 Å². The number of nitrogens with zero attached hydrogens (tertiary/aromatic N) is 2. The number of benzene rings is 2. The summed E-state index contributed by atoms with van der Waals surface area (Å²) < 4.78 is 39.0. The monoisotopic (exact) mass is 483 g/mol. The minimum Gasteiger partial charge on any atom is -0.492 e. The van der Waals surface area contributed by atoms with Gasteiger partial charge in [0.05, 0.1) is 30.9 Å². The van der Waals surface area contributed by atoms with Crippen molar-refractivity contribution in [3.05, 3.63) is 59.8 Å². The fraction of sp³-hybridized carbons (Fsp3) is 0.360. The highest BCUT2D eigenvalue weighted by molar-refractivity contribution is 7.89. The first kappa shape index (κ1) is 24.1. The average molecular weight is 484 g/mol. The van der Waals surface area contributed by atoms with E-state index in [9.17, 15) is 13.2 Å². The molecule has 8 nitrogen and oxygen atoms in total. The molecule has 1 aromatic heterocycles. The molecule has 0 bridgehead atoms. The Morgan fingerprint density at radius 1 is 1.15 bits per heavy atom. The van der Waals surface area contributed by atoms with Gasteiger partial charge in [0, 0.05) is 29.9 Å². The third-order valence-electron chi connectivity index (χ3n) is 5.66. The Morgan fingerprint density at radius 3 is 2.59 bits per heavy atom. The smallest absolute Gasteiger partial charge is 0.256 e. The van der Waals surface area contributed by atoms with Gasteiger partial charge in [0.15, 0.2) is 0 Å². The highest BCUT2D eigenvalue weighted by Crippen LogP contribution is 2.31. The summed E-state index contributed by atoms with van der Waals surface area (Å²) in [6.07, 6.45) is 0. The molecule has 0 aliphatic carbocycles. The number of ether oxygens (including phenoxy) is 2. The fourth-order valence-corrected chi connectivity index (χ4v) is 5.43. The van der Waals surface area contributed by atoms with Crippen molar-refractivity contribution in [2.75, 3.05) is 38.2 Å². The van der Waals surface area contributed by atoms with E-state index in [-0.39, 0.29) is 35.6 Å². The van der Waals surface area contributed by atoms with Crippen LogP contribution in [0.4, 0.5) is 5.69 Å². The van der Waals surface area contributed by atoms with Crippen LogP contribution in [0.5, 0.6) is 5.75 Å². The zero-order valence-corrected chi connectivity index (χ0v) is 20.4. The molecule has 3 aromatic rings. The lowest BCUT2D eigenvalue weighted by Gasteiger charge is -2.27. The summed E-state index contributed by atoms with van der Waals surface area (Å²) in [5.41, 5.74) is 2.40. The third kappa shape index (κ3) is 4.91. The fourth-order valence-electron chi connectivity index (χ4n) is 3.87. The molecule has 0 spiro atoms. The van der Waals surface area contributed by atoms with Crippen LogP contribution in [0.2, 0.25) is 0 Å². The van der Waals surface area contributed by atoms with Crippen molar-refractivity contribution in [1.29, 1.82) is 0 Å². The largest absolute Gasteiger partial charge is 0.492 e. The lowest BCUT2D eigenvalue weighted by Crippen LogP contribution is -2.40. The third-order valence-corrected chi connectivity index (χ3v) is 7.58. The molecule has 0 radical (unpaired) electrons. The highest BCUT2D eigenvalue weighted by Gasteiger charge is 2.30. The van der Waals surface area contributed by atoms with Gasteiger partial charge < -0.3 is 14.8 Å². The number of rotatable bonds is 7. The second-order valence-electron chi connectivity index (χ2n) is 8.33. The number of pyridine rings is 1. The lowest BCUT2D eigenvalue weighted by molar-refractivity contribution is 0.0729. The summed E-state index contributed by atoms with van der Waals surface area (Å²) in [6, 6.07) is 14.0. The van der Waals surface area contributed by atoms with E-state index in [2.05, 4.69) is 10.3 Å². The first-order valence-electron chi connectivity index (χ1n) is 11.4. The number of morpholine rings is 1. The van der Waals surface area contributed by atoms with Gasteiger partial charge in [-0.25, -0.2) is 8.42 Å². The maximum absolute atomic E-state index is 13.4. The van der Waals surface area contributed by atoms with Crippen molar-refractivity contribution >= 4 is 32.5 Å². The molecular formula is C25H29N3O5S. The van der Waals surface area contributed by atoms with Crippen molar-refractivity contribution in [3.63, 3.8) is 0 Å². The predicted octanol–water partition coefficient (Wildman–Crippen LogP) is 4.03. The molecule has 0 unspecified atom stereocenters. The van der Waals surface area contributed by atoms with Gasteiger partial charge in [-0.3, -0.25) is 9.78 Å². The van der Waals surface area contributed by atoms with E-state index in [1.807, 2.05) is 38.1 Å². The summed E-state index contributed by atoms with van der Waals surface area (Å²) in [5, 5.41) is 3.60. The molecule has 9 heteroatoms. The SMILES string of the molecule is CCOc1ccc(NC(=O)c2cc(C(C)C)nc3ccccc23)cc1S(=O)(=O)N1CCOCC1. The highest BCUT2D eigenvalue weighted by atomic mass is 32.2.